The molecular weight excluding hydrogens is 260 g/mol. The quantitative estimate of drug-likeness (QED) is 0.860. The lowest BCUT2D eigenvalue weighted by Gasteiger charge is -2.26. The molecular formula is C17H22N4. The fourth-order valence-corrected chi connectivity index (χ4v) is 3.10. The van der Waals surface area contributed by atoms with Crippen molar-refractivity contribution in [1.29, 1.82) is 0 Å². The van der Waals surface area contributed by atoms with E-state index in [0.29, 0.717) is 6.04 Å². The summed E-state index contributed by atoms with van der Waals surface area (Å²) < 4.78 is 0. The van der Waals surface area contributed by atoms with E-state index >= 15 is 0 Å². The molecule has 1 atom stereocenters. The van der Waals surface area contributed by atoms with Crippen LogP contribution in [0.1, 0.15) is 26.3 Å². The number of benzene rings is 1. The minimum Gasteiger partial charge on any atom is -0.357 e. The Bertz CT molecular complexity index is 622. The Morgan fingerprint density at radius 1 is 1.19 bits per heavy atom. The summed E-state index contributed by atoms with van der Waals surface area (Å²) in [6.45, 7) is 8.47. The van der Waals surface area contributed by atoms with Gasteiger partial charge in [0.25, 0.3) is 0 Å². The van der Waals surface area contributed by atoms with Crippen LogP contribution in [0.15, 0.2) is 36.7 Å². The third-order valence-corrected chi connectivity index (χ3v) is 4.18. The predicted octanol–water partition coefficient (Wildman–Crippen LogP) is 3.41. The SMILES string of the molecule is CCN(CC)c1cc(N2c3ccccc3CC2C)ncn1. The minimum absolute atomic E-state index is 0.432. The first kappa shape index (κ1) is 13.9. The Kier molecular flexibility index (Phi) is 3.78. The molecule has 0 radical (unpaired) electrons. The van der Waals surface area contributed by atoms with E-state index < -0.39 is 0 Å². The Morgan fingerprint density at radius 2 is 1.95 bits per heavy atom. The van der Waals surface area contributed by atoms with Gasteiger partial charge in [-0.15, -0.1) is 0 Å². The molecule has 1 aliphatic rings. The van der Waals surface area contributed by atoms with Crippen LogP contribution < -0.4 is 9.80 Å². The first-order valence-electron chi connectivity index (χ1n) is 7.68. The van der Waals surface area contributed by atoms with Crippen molar-refractivity contribution in [2.24, 2.45) is 0 Å². The summed E-state index contributed by atoms with van der Waals surface area (Å²) in [5.41, 5.74) is 2.67. The number of para-hydroxylation sites is 1. The number of nitrogens with zero attached hydrogens (tertiary/aromatic N) is 4. The number of anilines is 3. The molecule has 0 amide bonds. The molecule has 4 heteroatoms. The van der Waals surface area contributed by atoms with Crippen molar-refractivity contribution >= 4 is 17.3 Å². The zero-order valence-electron chi connectivity index (χ0n) is 13.0. The van der Waals surface area contributed by atoms with E-state index in [1.165, 1.54) is 11.3 Å². The molecule has 2 heterocycles. The lowest BCUT2D eigenvalue weighted by molar-refractivity contribution is 0.747. The standard InChI is InChI=1S/C17H22N4/c1-4-20(5-2)16-11-17(19-12-18-16)21-13(3)10-14-8-6-7-9-15(14)21/h6-9,11-13H,4-5,10H2,1-3H3. The monoisotopic (exact) mass is 282 g/mol. The fraction of sp³-hybridized carbons (Fsp3) is 0.412. The van der Waals surface area contributed by atoms with E-state index in [1.807, 2.05) is 0 Å². The summed E-state index contributed by atoms with van der Waals surface area (Å²) in [6.07, 6.45) is 2.75. The zero-order valence-corrected chi connectivity index (χ0v) is 13.0. The largest absolute Gasteiger partial charge is 0.357 e. The van der Waals surface area contributed by atoms with Crippen LogP contribution in [0.4, 0.5) is 17.3 Å². The normalized spacial score (nSPS) is 16.9. The van der Waals surface area contributed by atoms with Crippen LogP contribution in [0.5, 0.6) is 0 Å². The van der Waals surface area contributed by atoms with Gasteiger partial charge in [-0.3, -0.25) is 0 Å². The van der Waals surface area contributed by atoms with Gasteiger partial charge in [-0.05, 0) is 38.8 Å². The first-order chi connectivity index (χ1) is 10.2. The second kappa shape index (κ2) is 5.72. The lowest BCUT2D eigenvalue weighted by atomic mass is 10.1. The van der Waals surface area contributed by atoms with E-state index in [-0.39, 0.29) is 0 Å². The van der Waals surface area contributed by atoms with E-state index in [9.17, 15) is 0 Å². The van der Waals surface area contributed by atoms with Crippen LogP contribution in [0.25, 0.3) is 0 Å². The number of hydrogen-bond acceptors (Lipinski definition) is 4. The molecule has 0 saturated carbocycles. The summed E-state index contributed by atoms with van der Waals surface area (Å²) in [6, 6.07) is 11.1. The summed E-state index contributed by atoms with van der Waals surface area (Å²) in [5.74, 6) is 1.99. The second-order valence-electron chi connectivity index (χ2n) is 5.46. The summed E-state index contributed by atoms with van der Waals surface area (Å²) >= 11 is 0. The maximum Gasteiger partial charge on any atom is 0.138 e. The molecule has 0 spiro atoms. The molecule has 0 aliphatic carbocycles. The van der Waals surface area contributed by atoms with Gasteiger partial charge in [0, 0.05) is 30.9 Å². The molecule has 0 bridgehead atoms. The van der Waals surface area contributed by atoms with Gasteiger partial charge >= 0.3 is 0 Å². The van der Waals surface area contributed by atoms with Crippen LogP contribution >= 0.6 is 0 Å². The van der Waals surface area contributed by atoms with Crippen LogP contribution in [-0.2, 0) is 6.42 Å². The molecule has 21 heavy (non-hydrogen) atoms. The van der Waals surface area contributed by atoms with E-state index in [0.717, 1.165) is 31.1 Å². The Balaban J connectivity index is 1.99. The molecule has 0 N–H and O–H groups in total. The average Bonchev–Trinajstić information content (AvgIpc) is 2.84. The summed E-state index contributed by atoms with van der Waals surface area (Å²) in [7, 11) is 0. The van der Waals surface area contributed by atoms with Gasteiger partial charge in [-0.25, -0.2) is 9.97 Å². The molecule has 3 rings (SSSR count). The highest BCUT2D eigenvalue weighted by Crippen LogP contribution is 2.37. The van der Waals surface area contributed by atoms with Gasteiger partial charge in [-0.1, -0.05) is 18.2 Å². The van der Waals surface area contributed by atoms with Crippen LogP contribution in [-0.4, -0.2) is 29.1 Å². The maximum atomic E-state index is 4.51. The van der Waals surface area contributed by atoms with Gasteiger partial charge in [0.2, 0.25) is 0 Å². The molecule has 110 valence electrons. The molecule has 1 aliphatic heterocycles. The molecule has 2 aromatic rings. The third-order valence-electron chi connectivity index (χ3n) is 4.18. The first-order valence-corrected chi connectivity index (χ1v) is 7.68. The van der Waals surface area contributed by atoms with Gasteiger partial charge in [-0.2, -0.15) is 0 Å². The number of aromatic nitrogens is 2. The smallest absolute Gasteiger partial charge is 0.138 e. The van der Waals surface area contributed by atoms with Gasteiger partial charge in [0.05, 0.1) is 0 Å². The van der Waals surface area contributed by atoms with E-state index in [2.05, 4.69) is 70.9 Å². The highest BCUT2D eigenvalue weighted by Gasteiger charge is 2.28. The van der Waals surface area contributed by atoms with E-state index in [1.54, 1.807) is 6.33 Å². The topological polar surface area (TPSA) is 32.3 Å². The Labute approximate surface area is 126 Å². The Hall–Kier alpha value is -2.10. The highest BCUT2D eigenvalue weighted by molar-refractivity contribution is 5.70. The van der Waals surface area contributed by atoms with Crippen LogP contribution in [0.2, 0.25) is 0 Å². The number of fused-ring (bicyclic) bond motifs is 1. The predicted molar refractivity (Wildman–Crippen MR) is 87.3 cm³/mol. The van der Waals surface area contributed by atoms with Crippen molar-refractivity contribution in [1.82, 2.24) is 9.97 Å². The average molecular weight is 282 g/mol. The third kappa shape index (κ3) is 2.46. The van der Waals surface area contributed by atoms with Crippen LogP contribution in [0.3, 0.4) is 0 Å². The molecule has 0 saturated heterocycles. The molecule has 0 fully saturated rings. The van der Waals surface area contributed by atoms with Crippen molar-refractivity contribution in [3.8, 4) is 0 Å². The second-order valence-corrected chi connectivity index (χ2v) is 5.46. The minimum atomic E-state index is 0.432. The van der Waals surface area contributed by atoms with Gasteiger partial charge in [0.15, 0.2) is 0 Å². The molecule has 1 aromatic carbocycles. The molecule has 1 unspecified atom stereocenters. The van der Waals surface area contributed by atoms with Gasteiger partial charge in [0.1, 0.15) is 18.0 Å². The Morgan fingerprint density at radius 3 is 2.71 bits per heavy atom. The number of hydrogen-bond donors (Lipinski definition) is 0. The van der Waals surface area contributed by atoms with Gasteiger partial charge < -0.3 is 9.80 Å². The zero-order chi connectivity index (χ0) is 14.8. The van der Waals surface area contributed by atoms with E-state index in [4.69, 9.17) is 0 Å². The highest BCUT2D eigenvalue weighted by atomic mass is 15.3. The van der Waals surface area contributed by atoms with Crippen molar-refractivity contribution in [2.75, 3.05) is 22.9 Å². The summed E-state index contributed by atoms with van der Waals surface area (Å²) in [4.78, 5) is 13.5. The summed E-state index contributed by atoms with van der Waals surface area (Å²) in [5, 5.41) is 0. The maximum absolute atomic E-state index is 4.51. The number of rotatable bonds is 4. The van der Waals surface area contributed by atoms with Crippen molar-refractivity contribution in [3.63, 3.8) is 0 Å². The van der Waals surface area contributed by atoms with Crippen molar-refractivity contribution < 1.29 is 0 Å². The fourth-order valence-electron chi connectivity index (χ4n) is 3.10. The van der Waals surface area contributed by atoms with Crippen molar-refractivity contribution in [2.45, 2.75) is 33.2 Å². The van der Waals surface area contributed by atoms with Crippen LogP contribution in [0, 0.1) is 0 Å². The lowest BCUT2D eigenvalue weighted by Crippen LogP contribution is -2.27. The molecule has 1 aromatic heterocycles. The molecule has 4 nitrogen and oxygen atoms in total. The van der Waals surface area contributed by atoms with Crippen molar-refractivity contribution in [3.05, 3.63) is 42.2 Å².